The number of esters is 1. The molecule has 4 heterocycles. The summed E-state index contributed by atoms with van der Waals surface area (Å²) in [7, 11) is -3.96. The number of hydrogen-bond donors (Lipinski definition) is 1. The van der Waals surface area contributed by atoms with E-state index in [1.807, 2.05) is 4.90 Å². The number of rotatable bonds is 4. The predicted molar refractivity (Wildman–Crippen MR) is 113 cm³/mol. The molecule has 12 heteroatoms. The number of nitrogens with one attached hydrogen (secondary N) is 1. The lowest BCUT2D eigenvalue weighted by Crippen LogP contribution is -2.42. The third-order valence-corrected chi connectivity index (χ3v) is 8.28. The molecule has 1 fully saturated rings. The Labute approximate surface area is 187 Å². The van der Waals surface area contributed by atoms with Crippen molar-refractivity contribution in [1.82, 2.24) is 9.71 Å². The third-order valence-electron chi connectivity index (χ3n) is 5.21. The van der Waals surface area contributed by atoms with Crippen molar-refractivity contribution in [3.8, 4) is 6.07 Å². The summed E-state index contributed by atoms with van der Waals surface area (Å²) < 4.78 is 32.1. The minimum atomic E-state index is -3.96. The van der Waals surface area contributed by atoms with Gasteiger partial charge in [-0.25, -0.2) is 22.9 Å². The number of thiophene rings is 1. The molecule has 31 heavy (non-hydrogen) atoms. The van der Waals surface area contributed by atoms with E-state index in [4.69, 9.17) is 16.3 Å². The summed E-state index contributed by atoms with van der Waals surface area (Å²) in [6.45, 7) is 1.10. The number of cyclic esters (lactones) is 1. The van der Waals surface area contributed by atoms with E-state index in [-0.39, 0.29) is 16.4 Å². The van der Waals surface area contributed by atoms with Crippen molar-refractivity contribution < 1.29 is 22.7 Å². The maximum absolute atomic E-state index is 12.5. The fourth-order valence-electron chi connectivity index (χ4n) is 3.61. The summed E-state index contributed by atoms with van der Waals surface area (Å²) in [5.74, 6) is -1.07. The van der Waals surface area contributed by atoms with E-state index >= 15 is 0 Å². The van der Waals surface area contributed by atoms with E-state index < -0.39 is 27.8 Å². The highest BCUT2D eigenvalue weighted by Gasteiger charge is 2.31. The first-order chi connectivity index (χ1) is 14.8. The molecule has 0 bridgehead atoms. The van der Waals surface area contributed by atoms with Gasteiger partial charge in [-0.05, 0) is 31.0 Å². The molecule has 1 amide bonds. The van der Waals surface area contributed by atoms with Gasteiger partial charge in [0.15, 0.2) is 0 Å². The topological polar surface area (TPSA) is 129 Å². The van der Waals surface area contributed by atoms with Crippen LogP contribution in [0.15, 0.2) is 22.4 Å². The largest absolute Gasteiger partial charge is 0.462 e. The van der Waals surface area contributed by atoms with Crippen molar-refractivity contribution in [2.24, 2.45) is 5.92 Å². The van der Waals surface area contributed by atoms with Crippen LogP contribution >= 0.6 is 22.9 Å². The molecule has 0 radical (unpaired) electrons. The van der Waals surface area contributed by atoms with Crippen molar-refractivity contribution in [3.05, 3.63) is 39.4 Å². The predicted octanol–water partition coefficient (Wildman–Crippen LogP) is 2.10. The van der Waals surface area contributed by atoms with Crippen LogP contribution in [0.2, 0.25) is 4.34 Å². The molecule has 4 rings (SSSR count). The van der Waals surface area contributed by atoms with Gasteiger partial charge < -0.3 is 9.64 Å². The molecule has 0 spiro atoms. The molecule has 2 aliphatic rings. The monoisotopic (exact) mass is 480 g/mol. The zero-order valence-corrected chi connectivity index (χ0v) is 18.5. The smallest absolute Gasteiger partial charge is 0.340 e. The molecule has 0 unspecified atom stereocenters. The summed E-state index contributed by atoms with van der Waals surface area (Å²) in [5, 5.41) is 9.51. The zero-order chi connectivity index (χ0) is 22.2. The van der Waals surface area contributed by atoms with E-state index in [0.717, 1.165) is 11.3 Å². The lowest BCUT2D eigenvalue weighted by molar-refractivity contribution is -0.123. The molecule has 0 atom stereocenters. The van der Waals surface area contributed by atoms with Crippen LogP contribution in [-0.4, -0.2) is 45.0 Å². The average Bonchev–Trinajstić information content (AvgIpc) is 3.20. The van der Waals surface area contributed by atoms with Crippen LogP contribution in [-0.2, 0) is 26.0 Å². The molecule has 2 aromatic heterocycles. The summed E-state index contributed by atoms with van der Waals surface area (Å²) in [4.78, 5) is 30.8. The number of carbonyl (C=O) groups is 2. The SMILES string of the molecule is N#Cc1cc2c(nc1N1CCC(C(=O)NS(=O)(=O)c3ccc(Cl)s3)CC1)CCOC2=O. The number of fused-ring (bicyclic) bond motifs is 1. The number of halogens is 1. The average molecular weight is 481 g/mol. The highest BCUT2D eigenvalue weighted by molar-refractivity contribution is 7.92. The van der Waals surface area contributed by atoms with Gasteiger partial charge in [0.05, 0.1) is 27.8 Å². The number of hydrogen-bond acceptors (Lipinski definition) is 9. The number of pyridine rings is 1. The summed E-state index contributed by atoms with van der Waals surface area (Å²) in [6, 6.07) is 6.38. The first-order valence-electron chi connectivity index (χ1n) is 9.46. The van der Waals surface area contributed by atoms with Crippen LogP contribution < -0.4 is 9.62 Å². The van der Waals surface area contributed by atoms with Crippen LogP contribution in [0.1, 0.15) is 34.5 Å². The molecule has 0 saturated carbocycles. The molecule has 2 aliphatic heterocycles. The normalized spacial score (nSPS) is 16.9. The van der Waals surface area contributed by atoms with E-state index in [0.29, 0.717) is 53.8 Å². The molecule has 9 nitrogen and oxygen atoms in total. The minimum Gasteiger partial charge on any atom is -0.462 e. The highest BCUT2D eigenvalue weighted by Crippen LogP contribution is 2.29. The number of amides is 1. The van der Waals surface area contributed by atoms with Crippen molar-refractivity contribution >= 4 is 50.7 Å². The Morgan fingerprint density at radius 2 is 2.10 bits per heavy atom. The standard InChI is InChI=1S/C19H17ClN4O5S2/c20-15-1-2-16(30-15)31(27,28)23-18(25)11-3-6-24(7-4-11)17-12(10-21)9-13-14(22-17)5-8-29-19(13)26/h1-2,9,11H,3-8H2,(H,23,25). The van der Waals surface area contributed by atoms with E-state index in [9.17, 15) is 23.3 Å². The third kappa shape index (κ3) is 4.37. The molecule has 162 valence electrons. The molecular weight excluding hydrogens is 464 g/mol. The molecule has 0 aliphatic carbocycles. The van der Waals surface area contributed by atoms with Gasteiger partial charge in [0.1, 0.15) is 16.1 Å². The number of aromatic nitrogens is 1. The maximum atomic E-state index is 12.5. The van der Waals surface area contributed by atoms with Gasteiger partial charge in [0.2, 0.25) is 5.91 Å². The van der Waals surface area contributed by atoms with Crippen molar-refractivity contribution in [1.29, 1.82) is 5.26 Å². The van der Waals surface area contributed by atoms with Gasteiger partial charge in [-0.15, -0.1) is 11.3 Å². The molecular formula is C19H17ClN4O5S2. The number of nitriles is 1. The molecule has 2 aromatic rings. The van der Waals surface area contributed by atoms with Crippen molar-refractivity contribution in [2.75, 3.05) is 24.6 Å². The van der Waals surface area contributed by atoms with Crippen molar-refractivity contribution in [3.63, 3.8) is 0 Å². The number of ether oxygens (including phenoxy) is 1. The number of piperidine rings is 1. The Bertz CT molecular complexity index is 1200. The fourth-order valence-corrected chi connectivity index (χ4v) is 6.14. The first-order valence-corrected chi connectivity index (χ1v) is 12.1. The Balaban J connectivity index is 1.45. The lowest BCUT2D eigenvalue weighted by Gasteiger charge is -2.33. The van der Waals surface area contributed by atoms with Gasteiger partial charge in [0.25, 0.3) is 10.0 Å². The van der Waals surface area contributed by atoms with Crippen LogP contribution in [0.5, 0.6) is 0 Å². The van der Waals surface area contributed by atoms with Gasteiger partial charge in [-0.3, -0.25) is 4.79 Å². The summed E-state index contributed by atoms with van der Waals surface area (Å²) >= 11 is 6.66. The number of nitrogens with zero attached hydrogens (tertiary/aromatic N) is 3. The molecule has 1 N–H and O–H groups in total. The lowest BCUT2D eigenvalue weighted by atomic mass is 9.96. The quantitative estimate of drug-likeness (QED) is 0.658. The number of carbonyl (C=O) groups excluding carboxylic acids is 2. The summed E-state index contributed by atoms with van der Waals surface area (Å²) in [5.41, 5.74) is 1.16. The Morgan fingerprint density at radius 1 is 1.35 bits per heavy atom. The second kappa shape index (κ2) is 8.45. The second-order valence-electron chi connectivity index (χ2n) is 7.14. The number of sulfonamides is 1. The zero-order valence-electron chi connectivity index (χ0n) is 16.1. The first kappa shape index (κ1) is 21.5. The maximum Gasteiger partial charge on any atom is 0.340 e. The fraction of sp³-hybridized carbons (Fsp3) is 0.368. The van der Waals surface area contributed by atoms with Crippen molar-refractivity contribution in [2.45, 2.75) is 23.5 Å². The van der Waals surface area contributed by atoms with Crippen LogP contribution in [0, 0.1) is 17.2 Å². The van der Waals surface area contributed by atoms with Crippen LogP contribution in [0.4, 0.5) is 5.82 Å². The van der Waals surface area contributed by atoms with Gasteiger partial charge >= 0.3 is 5.97 Å². The van der Waals surface area contributed by atoms with E-state index in [2.05, 4.69) is 15.8 Å². The van der Waals surface area contributed by atoms with Gasteiger partial charge in [0, 0.05) is 25.4 Å². The summed E-state index contributed by atoms with van der Waals surface area (Å²) in [6.07, 6.45) is 1.28. The number of anilines is 1. The van der Waals surface area contributed by atoms with Crippen LogP contribution in [0.25, 0.3) is 0 Å². The van der Waals surface area contributed by atoms with E-state index in [1.165, 1.54) is 18.2 Å². The Kier molecular flexibility index (Phi) is 5.88. The minimum absolute atomic E-state index is 0.0151. The highest BCUT2D eigenvalue weighted by atomic mass is 35.5. The second-order valence-corrected chi connectivity index (χ2v) is 10.8. The van der Waals surface area contributed by atoms with Gasteiger partial charge in [-0.2, -0.15) is 5.26 Å². The van der Waals surface area contributed by atoms with E-state index in [1.54, 1.807) is 0 Å². The molecule has 0 aromatic carbocycles. The molecule has 1 saturated heterocycles. The van der Waals surface area contributed by atoms with Gasteiger partial charge in [-0.1, -0.05) is 11.6 Å². The Morgan fingerprint density at radius 3 is 2.74 bits per heavy atom. The Hall–Kier alpha value is -2.68. The van der Waals surface area contributed by atoms with Crippen LogP contribution in [0.3, 0.4) is 0 Å².